The zero-order chi connectivity index (χ0) is 11.1. The largest absolute Gasteiger partial charge is 0.494 e. The van der Waals surface area contributed by atoms with Gasteiger partial charge in [0.15, 0.2) is 0 Å². The van der Waals surface area contributed by atoms with Gasteiger partial charge in [0, 0.05) is 9.80 Å². The molecule has 1 aromatic carbocycles. The molecule has 15 heavy (non-hydrogen) atoms. The normalized spacial score (nSPS) is 10.3. The van der Waals surface area contributed by atoms with Gasteiger partial charge in [-0.05, 0) is 42.2 Å². The first kappa shape index (κ1) is 13.4. The minimum atomic E-state index is 0.796. The number of alkyl halides is 1. The van der Waals surface area contributed by atoms with Gasteiger partial charge in [-0.3, -0.25) is 0 Å². The number of ether oxygens (including phenoxy) is 1. The highest BCUT2D eigenvalue weighted by atomic mass is 79.9. The maximum absolute atomic E-state index is 5.65. The molecule has 1 aromatic rings. The summed E-state index contributed by atoms with van der Waals surface area (Å²) in [6, 6.07) is 6.09. The van der Waals surface area contributed by atoms with Gasteiger partial charge in [0.05, 0.1) is 6.61 Å². The van der Waals surface area contributed by atoms with Gasteiger partial charge in [-0.25, -0.2) is 0 Å². The van der Waals surface area contributed by atoms with Gasteiger partial charge in [-0.1, -0.05) is 31.9 Å². The van der Waals surface area contributed by atoms with Crippen molar-refractivity contribution in [2.75, 3.05) is 18.6 Å². The van der Waals surface area contributed by atoms with E-state index in [9.17, 15) is 0 Å². The Kier molecular flexibility index (Phi) is 6.77. The van der Waals surface area contributed by atoms with Crippen molar-refractivity contribution in [3.63, 3.8) is 0 Å². The van der Waals surface area contributed by atoms with Crippen LogP contribution in [0.25, 0.3) is 0 Å². The van der Waals surface area contributed by atoms with E-state index in [1.165, 1.54) is 5.56 Å². The lowest BCUT2D eigenvalue weighted by Gasteiger charge is -2.07. The van der Waals surface area contributed by atoms with Crippen LogP contribution < -0.4 is 4.74 Å². The average molecular weight is 354 g/mol. The molecule has 0 atom stereocenters. The van der Waals surface area contributed by atoms with Crippen molar-refractivity contribution in [3.8, 4) is 5.75 Å². The molecule has 1 nitrogen and oxygen atoms in total. The molecule has 0 aliphatic heterocycles. The van der Waals surface area contributed by atoms with Gasteiger partial charge >= 0.3 is 0 Å². The fourth-order valence-electron chi connectivity index (χ4n) is 1.14. The van der Waals surface area contributed by atoms with Gasteiger partial charge in [0.1, 0.15) is 5.75 Å². The van der Waals surface area contributed by atoms with Crippen molar-refractivity contribution in [1.82, 2.24) is 0 Å². The molecule has 0 aliphatic rings. The van der Waals surface area contributed by atoms with Crippen LogP contribution in [0.5, 0.6) is 5.75 Å². The molecule has 0 bridgehead atoms. The number of halogens is 2. The smallest absolute Gasteiger partial charge is 0.119 e. The summed E-state index contributed by atoms with van der Waals surface area (Å²) >= 11 is 8.79. The van der Waals surface area contributed by atoms with Crippen LogP contribution in [0, 0.1) is 0 Å². The standard InChI is InChI=1S/C11H14Br2OS/c1-15-6-2-5-14-10-3-4-11(13)9(7-10)8-12/h3-4,7H,2,5-6,8H2,1H3. The number of hydrogen-bond donors (Lipinski definition) is 0. The van der Waals surface area contributed by atoms with Crippen molar-refractivity contribution in [3.05, 3.63) is 28.2 Å². The number of hydrogen-bond acceptors (Lipinski definition) is 2. The molecule has 0 N–H and O–H groups in total. The van der Waals surface area contributed by atoms with Gasteiger partial charge in [-0.2, -0.15) is 11.8 Å². The van der Waals surface area contributed by atoms with Crippen molar-refractivity contribution < 1.29 is 4.74 Å². The fourth-order valence-corrected chi connectivity index (χ4v) is 2.77. The summed E-state index contributed by atoms with van der Waals surface area (Å²) in [6.45, 7) is 0.796. The van der Waals surface area contributed by atoms with Crippen molar-refractivity contribution in [1.29, 1.82) is 0 Å². The molecule has 0 saturated heterocycles. The maximum Gasteiger partial charge on any atom is 0.119 e. The Morgan fingerprint density at radius 3 is 2.87 bits per heavy atom. The third kappa shape index (κ3) is 4.79. The highest BCUT2D eigenvalue weighted by Gasteiger charge is 2.00. The van der Waals surface area contributed by atoms with E-state index in [-0.39, 0.29) is 0 Å². The summed E-state index contributed by atoms with van der Waals surface area (Å²) < 4.78 is 6.77. The van der Waals surface area contributed by atoms with E-state index in [2.05, 4.69) is 44.2 Å². The molecule has 84 valence electrons. The third-order valence-corrected chi connectivity index (χ3v) is 4.00. The minimum absolute atomic E-state index is 0.796. The van der Waals surface area contributed by atoms with E-state index in [1.54, 1.807) is 0 Å². The zero-order valence-corrected chi connectivity index (χ0v) is 12.6. The van der Waals surface area contributed by atoms with E-state index in [1.807, 2.05) is 23.9 Å². The topological polar surface area (TPSA) is 9.23 Å². The van der Waals surface area contributed by atoms with E-state index < -0.39 is 0 Å². The van der Waals surface area contributed by atoms with E-state index in [0.29, 0.717) is 0 Å². The van der Waals surface area contributed by atoms with Crippen molar-refractivity contribution in [2.24, 2.45) is 0 Å². The molecule has 0 aromatic heterocycles. The summed E-state index contributed by atoms with van der Waals surface area (Å²) in [5.41, 5.74) is 1.22. The molecule has 1 rings (SSSR count). The number of rotatable bonds is 6. The molecule has 0 aliphatic carbocycles. The van der Waals surface area contributed by atoms with Crippen LogP contribution in [0.3, 0.4) is 0 Å². The van der Waals surface area contributed by atoms with Gasteiger partial charge in [-0.15, -0.1) is 0 Å². The Morgan fingerprint density at radius 2 is 2.20 bits per heavy atom. The van der Waals surface area contributed by atoms with Crippen LogP contribution in [0.4, 0.5) is 0 Å². The fraction of sp³-hybridized carbons (Fsp3) is 0.455. The highest BCUT2D eigenvalue weighted by Crippen LogP contribution is 2.24. The zero-order valence-electron chi connectivity index (χ0n) is 8.63. The second-order valence-electron chi connectivity index (χ2n) is 3.08. The molecule has 0 amide bonds. The third-order valence-electron chi connectivity index (χ3n) is 1.92. The number of thioether (sulfide) groups is 1. The Hall–Kier alpha value is 0.330. The molecule has 0 saturated carbocycles. The summed E-state index contributed by atoms with van der Waals surface area (Å²) in [7, 11) is 0. The second kappa shape index (κ2) is 7.58. The Balaban J connectivity index is 2.47. The van der Waals surface area contributed by atoms with Gasteiger partial charge in [0.2, 0.25) is 0 Å². The van der Waals surface area contributed by atoms with Crippen LogP contribution in [0.15, 0.2) is 22.7 Å². The van der Waals surface area contributed by atoms with Crippen molar-refractivity contribution >= 4 is 43.6 Å². The lowest BCUT2D eigenvalue weighted by atomic mass is 10.2. The molecule has 0 spiro atoms. The molecule has 4 heteroatoms. The first-order valence-corrected chi connectivity index (χ1v) is 8.05. The van der Waals surface area contributed by atoms with Gasteiger partial charge < -0.3 is 4.74 Å². The first-order valence-electron chi connectivity index (χ1n) is 4.74. The van der Waals surface area contributed by atoms with E-state index >= 15 is 0 Å². The predicted molar refractivity (Wildman–Crippen MR) is 75.3 cm³/mol. The molecule has 0 heterocycles. The highest BCUT2D eigenvalue weighted by molar-refractivity contribution is 9.10. The monoisotopic (exact) mass is 352 g/mol. The van der Waals surface area contributed by atoms with Gasteiger partial charge in [0.25, 0.3) is 0 Å². The maximum atomic E-state index is 5.65. The van der Waals surface area contributed by atoms with Crippen LogP contribution in [-0.2, 0) is 5.33 Å². The van der Waals surface area contributed by atoms with Crippen molar-refractivity contribution in [2.45, 2.75) is 11.8 Å². The van der Waals surface area contributed by atoms with Crippen LogP contribution in [0.2, 0.25) is 0 Å². The van der Waals surface area contributed by atoms with Crippen LogP contribution in [-0.4, -0.2) is 18.6 Å². The van der Waals surface area contributed by atoms with Crippen LogP contribution >= 0.6 is 43.6 Å². The molecule has 0 fully saturated rings. The quantitative estimate of drug-likeness (QED) is 0.551. The minimum Gasteiger partial charge on any atom is -0.494 e. The molecular formula is C11H14Br2OS. The summed E-state index contributed by atoms with van der Waals surface area (Å²) in [4.78, 5) is 0. The first-order chi connectivity index (χ1) is 7.27. The van der Waals surface area contributed by atoms with Crippen LogP contribution in [0.1, 0.15) is 12.0 Å². The van der Waals surface area contributed by atoms with E-state index in [0.717, 1.165) is 34.3 Å². The Labute approximate surface area is 112 Å². The Bertz CT molecular complexity index is 305. The second-order valence-corrected chi connectivity index (χ2v) is 5.48. The predicted octanol–water partition coefficient (Wildman–Crippen LogP) is 4.48. The Morgan fingerprint density at radius 1 is 1.40 bits per heavy atom. The molecule has 0 radical (unpaired) electrons. The molecular weight excluding hydrogens is 340 g/mol. The number of benzene rings is 1. The average Bonchev–Trinajstić information content (AvgIpc) is 2.26. The summed E-state index contributed by atoms with van der Waals surface area (Å²) in [6.07, 6.45) is 3.21. The van der Waals surface area contributed by atoms with E-state index in [4.69, 9.17) is 4.74 Å². The lowest BCUT2D eigenvalue weighted by Crippen LogP contribution is -1.98. The lowest BCUT2D eigenvalue weighted by molar-refractivity contribution is 0.318. The summed E-state index contributed by atoms with van der Waals surface area (Å²) in [5.74, 6) is 2.11. The summed E-state index contributed by atoms with van der Waals surface area (Å²) in [5, 5.41) is 0.843. The molecule has 0 unspecified atom stereocenters. The SMILES string of the molecule is CSCCCOc1ccc(Br)c(CBr)c1.